The third kappa shape index (κ3) is 4.08. The third-order valence-electron chi connectivity index (χ3n) is 10.3. The molecular weight excluding hydrogens is 546 g/mol. The van der Waals surface area contributed by atoms with Crippen molar-refractivity contribution in [1.29, 1.82) is 5.26 Å². The highest BCUT2D eigenvalue weighted by molar-refractivity contribution is 6.06. The van der Waals surface area contributed by atoms with Gasteiger partial charge in [0.05, 0.1) is 11.6 Å². The minimum Gasteiger partial charge on any atom is -0.456 e. The van der Waals surface area contributed by atoms with Crippen molar-refractivity contribution >= 4 is 21.9 Å². The number of furan rings is 1. The molecule has 0 radical (unpaired) electrons. The Morgan fingerprint density at radius 1 is 0.489 bits per heavy atom. The van der Waals surface area contributed by atoms with E-state index < -0.39 is 0 Å². The average Bonchev–Trinajstić information content (AvgIpc) is 3.61. The molecule has 1 spiro atoms. The molecule has 1 fully saturated rings. The first-order valence-electron chi connectivity index (χ1n) is 16.0. The van der Waals surface area contributed by atoms with Crippen molar-refractivity contribution in [3.05, 3.63) is 144 Å². The maximum atomic E-state index is 9.74. The van der Waals surface area contributed by atoms with Crippen LogP contribution in [0.25, 0.3) is 66.4 Å². The average molecular weight is 578 g/mol. The Bertz CT molecular complexity index is 2310. The van der Waals surface area contributed by atoms with E-state index in [9.17, 15) is 5.26 Å². The fourth-order valence-corrected chi connectivity index (χ4v) is 8.10. The highest BCUT2D eigenvalue weighted by Gasteiger charge is 2.44. The van der Waals surface area contributed by atoms with E-state index in [2.05, 4.69) is 115 Å². The fourth-order valence-electron chi connectivity index (χ4n) is 8.10. The number of benzene rings is 6. The van der Waals surface area contributed by atoms with Crippen molar-refractivity contribution in [1.82, 2.24) is 0 Å². The molecule has 2 aliphatic carbocycles. The lowest BCUT2D eigenvalue weighted by Crippen LogP contribution is -2.28. The van der Waals surface area contributed by atoms with Gasteiger partial charge in [0.1, 0.15) is 11.2 Å². The van der Waals surface area contributed by atoms with Gasteiger partial charge in [-0.1, -0.05) is 92.1 Å². The van der Waals surface area contributed by atoms with E-state index in [4.69, 9.17) is 4.42 Å². The summed E-state index contributed by atoms with van der Waals surface area (Å²) >= 11 is 0. The number of nitrogens with zero attached hydrogens (tertiary/aromatic N) is 1. The van der Waals surface area contributed by atoms with E-state index in [1.54, 1.807) is 0 Å². The Morgan fingerprint density at radius 2 is 1.11 bits per heavy atom. The Labute approximate surface area is 263 Å². The van der Waals surface area contributed by atoms with E-state index in [1.165, 1.54) is 69.3 Å². The van der Waals surface area contributed by atoms with Gasteiger partial charge < -0.3 is 4.42 Å². The second kappa shape index (κ2) is 10.1. The number of hydrogen-bond donors (Lipinski definition) is 0. The zero-order valence-corrected chi connectivity index (χ0v) is 25.0. The lowest BCUT2D eigenvalue weighted by molar-refractivity contribution is 0.353. The van der Waals surface area contributed by atoms with Crippen LogP contribution < -0.4 is 0 Å². The Hall–Kier alpha value is -5.39. The van der Waals surface area contributed by atoms with Crippen LogP contribution in [0.15, 0.2) is 132 Å². The zero-order valence-electron chi connectivity index (χ0n) is 25.0. The Kier molecular flexibility index (Phi) is 5.83. The largest absolute Gasteiger partial charge is 0.456 e. The molecule has 2 aliphatic rings. The first kappa shape index (κ1) is 26.1. The number of fused-ring (bicyclic) bond motifs is 8. The molecule has 2 heteroatoms. The second-order valence-corrected chi connectivity index (χ2v) is 12.7. The van der Waals surface area contributed by atoms with Crippen LogP contribution in [0.5, 0.6) is 0 Å². The van der Waals surface area contributed by atoms with Crippen LogP contribution in [-0.4, -0.2) is 0 Å². The van der Waals surface area contributed by atoms with Gasteiger partial charge in [-0.2, -0.15) is 5.26 Å². The van der Waals surface area contributed by atoms with Gasteiger partial charge in [-0.05, 0) is 123 Å². The van der Waals surface area contributed by atoms with E-state index in [0.29, 0.717) is 0 Å². The van der Waals surface area contributed by atoms with Crippen molar-refractivity contribution in [3.63, 3.8) is 0 Å². The monoisotopic (exact) mass is 577 g/mol. The summed E-state index contributed by atoms with van der Waals surface area (Å²) in [5.74, 6) is 0. The van der Waals surface area contributed by atoms with E-state index in [-0.39, 0.29) is 5.41 Å². The summed E-state index contributed by atoms with van der Waals surface area (Å²) in [5.41, 5.74) is 15.1. The SMILES string of the molecule is N#Cc1ccc2c(c1)C1(CCCCC1)c1cc(-c3cc(-c4ccccc4)cc(-c4ccc5c(c4)oc4ccccc45)c3)ccc1-2. The van der Waals surface area contributed by atoms with Gasteiger partial charge in [0.25, 0.3) is 0 Å². The maximum Gasteiger partial charge on any atom is 0.136 e. The van der Waals surface area contributed by atoms with Gasteiger partial charge in [-0.15, -0.1) is 0 Å². The summed E-state index contributed by atoms with van der Waals surface area (Å²) in [6.07, 6.45) is 5.99. The maximum absolute atomic E-state index is 9.74. The normalized spacial score (nSPS) is 14.8. The van der Waals surface area contributed by atoms with Crippen LogP contribution in [0.2, 0.25) is 0 Å². The topological polar surface area (TPSA) is 36.9 Å². The van der Waals surface area contributed by atoms with Gasteiger partial charge in [0.15, 0.2) is 0 Å². The lowest BCUT2D eigenvalue weighted by Gasteiger charge is -2.36. The second-order valence-electron chi connectivity index (χ2n) is 12.7. The molecule has 2 nitrogen and oxygen atoms in total. The van der Waals surface area contributed by atoms with E-state index in [0.717, 1.165) is 45.9 Å². The van der Waals surface area contributed by atoms with Crippen LogP contribution in [0.4, 0.5) is 0 Å². The van der Waals surface area contributed by atoms with Gasteiger partial charge in [-0.3, -0.25) is 0 Å². The molecule has 0 N–H and O–H groups in total. The van der Waals surface area contributed by atoms with Crippen LogP contribution in [0, 0.1) is 11.3 Å². The molecule has 1 aromatic heterocycles. The molecule has 1 heterocycles. The number of nitriles is 1. The van der Waals surface area contributed by atoms with E-state index in [1.807, 2.05) is 18.2 Å². The predicted molar refractivity (Wildman–Crippen MR) is 184 cm³/mol. The molecule has 0 bridgehead atoms. The van der Waals surface area contributed by atoms with Crippen molar-refractivity contribution in [2.75, 3.05) is 0 Å². The number of para-hydroxylation sites is 1. The summed E-state index contributed by atoms with van der Waals surface area (Å²) in [4.78, 5) is 0. The fraction of sp³-hybridized carbons (Fsp3) is 0.140. The first-order chi connectivity index (χ1) is 22.2. The summed E-state index contributed by atoms with van der Waals surface area (Å²) < 4.78 is 6.29. The minimum absolute atomic E-state index is 0.0159. The van der Waals surface area contributed by atoms with Gasteiger partial charge >= 0.3 is 0 Å². The van der Waals surface area contributed by atoms with Gasteiger partial charge in [-0.25, -0.2) is 0 Å². The number of rotatable bonds is 3. The first-order valence-corrected chi connectivity index (χ1v) is 16.0. The third-order valence-corrected chi connectivity index (χ3v) is 10.3. The summed E-state index contributed by atoms with van der Waals surface area (Å²) in [6.45, 7) is 0. The molecule has 0 atom stereocenters. The molecular formula is C43H31NO. The minimum atomic E-state index is -0.0159. The summed E-state index contributed by atoms with van der Waals surface area (Å²) in [6, 6.07) is 48.3. The number of hydrogen-bond acceptors (Lipinski definition) is 2. The van der Waals surface area contributed by atoms with Crippen LogP contribution >= 0.6 is 0 Å². The Balaban J connectivity index is 1.22. The molecule has 9 rings (SSSR count). The Morgan fingerprint density at radius 3 is 1.89 bits per heavy atom. The highest BCUT2D eigenvalue weighted by Crippen LogP contribution is 2.56. The molecule has 1 saturated carbocycles. The van der Waals surface area contributed by atoms with Gasteiger partial charge in [0, 0.05) is 16.2 Å². The van der Waals surface area contributed by atoms with Crippen molar-refractivity contribution in [2.24, 2.45) is 0 Å². The zero-order chi connectivity index (χ0) is 30.0. The summed E-state index contributed by atoms with van der Waals surface area (Å²) in [7, 11) is 0. The van der Waals surface area contributed by atoms with Crippen LogP contribution in [0.1, 0.15) is 48.8 Å². The molecule has 7 aromatic rings. The molecule has 0 saturated heterocycles. The standard InChI is InChI=1S/C43H31NO/c44-27-28-13-16-35-36-17-14-30(25-40(36)43(39(35)21-28)19-7-2-8-20-43)33-22-32(29-9-3-1-4-10-29)23-34(24-33)31-15-18-38-37-11-5-6-12-41(37)45-42(38)26-31/h1,3-6,9-18,21-26H,2,7-8,19-20H2. The molecule has 45 heavy (non-hydrogen) atoms. The van der Waals surface area contributed by atoms with Crippen LogP contribution in [-0.2, 0) is 5.41 Å². The van der Waals surface area contributed by atoms with Crippen molar-refractivity contribution in [3.8, 4) is 50.6 Å². The smallest absolute Gasteiger partial charge is 0.136 e. The van der Waals surface area contributed by atoms with E-state index >= 15 is 0 Å². The molecule has 0 amide bonds. The molecule has 6 aromatic carbocycles. The quantitative estimate of drug-likeness (QED) is 0.209. The van der Waals surface area contributed by atoms with Crippen LogP contribution in [0.3, 0.4) is 0 Å². The molecule has 0 aliphatic heterocycles. The predicted octanol–water partition coefficient (Wildman–Crippen LogP) is 11.7. The lowest BCUT2D eigenvalue weighted by atomic mass is 9.67. The van der Waals surface area contributed by atoms with Crippen molar-refractivity contribution < 1.29 is 4.42 Å². The molecule has 0 unspecified atom stereocenters. The molecule has 214 valence electrons. The van der Waals surface area contributed by atoms with Gasteiger partial charge in [0.2, 0.25) is 0 Å². The summed E-state index contributed by atoms with van der Waals surface area (Å²) in [5, 5.41) is 12.0. The van der Waals surface area contributed by atoms with Crippen molar-refractivity contribution in [2.45, 2.75) is 37.5 Å². The highest BCUT2D eigenvalue weighted by atomic mass is 16.3.